The molecule has 0 atom stereocenters. The first-order valence-corrected chi connectivity index (χ1v) is 11.6. The number of hydrogen-bond acceptors (Lipinski definition) is 6. The lowest BCUT2D eigenvalue weighted by atomic mass is 10.0. The molecule has 0 saturated carbocycles. The zero-order chi connectivity index (χ0) is 21.6. The monoisotopic (exact) mass is 439 g/mol. The minimum absolute atomic E-state index is 0.165. The number of carbonyl (C=O) groups excluding carboxylic acids is 1. The molecule has 2 aliphatic heterocycles. The van der Waals surface area contributed by atoms with Crippen molar-refractivity contribution in [1.29, 1.82) is 0 Å². The number of aromatic nitrogens is 2. The van der Waals surface area contributed by atoms with Crippen molar-refractivity contribution in [1.82, 2.24) is 14.7 Å². The average molecular weight is 439 g/mol. The Labute approximate surface area is 179 Å². The number of ether oxygens (including phenoxy) is 2. The van der Waals surface area contributed by atoms with E-state index >= 15 is 0 Å². The minimum atomic E-state index is -3.60. The molecule has 2 aliphatic rings. The molecule has 8 nitrogen and oxygen atoms in total. The number of morpholine rings is 1. The van der Waals surface area contributed by atoms with Crippen LogP contribution in [0.3, 0.4) is 0 Å². The number of nitrogens with zero attached hydrogens (tertiary/aromatic N) is 3. The Morgan fingerprint density at radius 2 is 1.87 bits per heavy atom. The smallest absolute Gasteiger partial charge is 0.274 e. The van der Waals surface area contributed by atoms with Crippen LogP contribution in [0.5, 0.6) is 5.75 Å². The van der Waals surface area contributed by atoms with Crippen molar-refractivity contribution in [3.8, 4) is 22.7 Å². The predicted molar refractivity (Wildman–Crippen MR) is 113 cm³/mol. The third kappa shape index (κ3) is 3.30. The van der Waals surface area contributed by atoms with Crippen molar-refractivity contribution in [2.75, 3.05) is 33.4 Å². The van der Waals surface area contributed by atoms with Crippen LogP contribution in [0.2, 0.25) is 0 Å². The van der Waals surface area contributed by atoms with Crippen molar-refractivity contribution < 1.29 is 22.7 Å². The number of methoxy groups -OCH3 is 1. The molecule has 1 amide bonds. The fourth-order valence-corrected chi connectivity index (χ4v) is 5.68. The van der Waals surface area contributed by atoms with Crippen molar-refractivity contribution in [3.63, 3.8) is 0 Å². The summed E-state index contributed by atoms with van der Waals surface area (Å²) in [6, 6.07) is 14.1. The molecule has 2 aromatic carbocycles. The number of amides is 1. The van der Waals surface area contributed by atoms with E-state index in [0.29, 0.717) is 54.6 Å². The van der Waals surface area contributed by atoms with Gasteiger partial charge in [0, 0.05) is 30.3 Å². The highest BCUT2D eigenvalue weighted by atomic mass is 32.2. The molecule has 0 spiro atoms. The lowest BCUT2D eigenvalue weighted by molar-refractivity contribution is 0.0298. The van der Waals surface area contributed by atoms with Crippen LogP contribution in [0.25, 0.3) is 16.9 Å². The van der Waals surface area contributed by atoms with Crippen LogP contribution in [0.1, 0.15) is 16.1 Å². The van der Waals surface area contributed by atoms with E-state index in [2.05, 4.69) is 5.10 Å². The predicted octanol–water partition coefficient (Wildman–Crippen LogP) is 2.31. The quantitative estimate of drug-likeness (QED) is 0.622. The van der Waals surface area contributed by atoms with E-state index in [4.69, 9.17) is 9.47 Å². The van der Waals surface area contributed by atoms with Gasteiger partial charge in [-0.25, -0.2) is 13.1 Å². The molecule has 5 rings (SSSR count). The molecule has 1 aromatic heterocycles. The molecular formula is C22H21N3O5S. The molecule has 0 radical (unpaired) electrons. The van der Waals surface area contributed by atoms with E-state index in [9.17, 15) is 13.2 Å². The lowest BCUT2D eigenvalue weighted by Crippen LogP contribution is -2.41. The highest BCUT2D eigenvalue weighted by Gasteiger charge is 2.37. The number of fused-ring (bicyclic) bond motifs is 3. The summed E-state index contributed by atoms with van der Waals surface area (Å²) in [5, 5.41) is 4.64. The van der Waals surface area contributed by atoms with Gasteiger partial charge in [-0.15, -0.1) is 0 Å². The van der Waals surface area contributed by atoms with Crippen molar-refractivity contribution in [3.05, 3.63) is 59.8 Å². The molecule has 9 heteroatoms. The van der Waals surface area contributed by atoms with Gasteiger partial charge >= 0.3 is 0 Å². The third-order valence-corrected chi connectivity index (χ3v) is 7.29. The van der Waals surface area contributed by atoms with Gasteiger partial charge in [0.05, 0.1) is 42.4 Å². The fraction of sp³-hybridized carbons (Fsp3) is 0.273. The Hall–Kier alpha value is -3.17. The SMILES string of the molecule is COc1cccc(-n2nc(C(=O)N3CCOCC3)c3c2-c2ccccc2S(=O)(=O)C3)c1. The summed E-state index contributed by atoms with van der Waals surface area (Å²) >= 11 is 0. The molecule has 1 fully saturated rings. The van der Waals surface area contributed by atoms with Crippen LogP contribution in [-0.4, -0.2) is 62.4 Å². The highest BCUT2D eigenvalue weighted by molar-refractivity contribution is 7.90. The second kappa shape index (κ2) is 7.51. The van der Waals surface area contributed by atoms with Gasteiger partial charge in [-0.2, -0.15) is 5.10 Å². The summed E-state index contributed by atoms with van der Waals surface area (Å²) in [5.41, 5.74) is 2.44. The zero-order valence-corrected chi connectivity index (χ0v) is 17.8. The van der Waals surface area contributed by atoms with E-state index < -0.39 is 9.84 Å². The first-order valence-electron chi connectivity index (χ1n) is 9.95. The first kappa shape index (κ1) is 19.8. The normalized spacial score (nSPS) is 17.0. The topological polar surface area (TPSA) is 90.7 Å². The summed E-state index contributed by atoms with van der Waals surface area (Å²) in [4.78, 5) is 15.2. The van der Waals surface area contributed by atoms with E-state index in [1.807, 2.05) is 24.3 Å². The second-order valence-electron chi connectivity index (χ2n) is 7.45. The summed E-state index contributed by atoms with van der Waals surface area (Å²) in [6.45, 7) is 1.79. The van der Waals surface area contributed by atoms with E-state index in [1.165, 1.54) is 0 Å². The summed E-state index contributed by atoms with van der Waals surface area (Å²) < 4.78 is 38.4. The van der Waals surface area contributed by atoms with Crippen LogP contribution in [0.15, 0.2) is 53.4 Å². The standard InChI is InChI=1S/C22H21N3O5S/c1-29-16-6-4-5-15(13-16)25-21-17-7-2-3-8-19(17)31(27,28)14-18(21)20(23-25)22(26)24-9-11-30-12-10-24/h2-8,13H,9-12,14H2,1H3. The van der Waals surface area contributed by atoms with Gasteiger partial charge in [-0.05, 0) is 18.2 Å². The molecule has 0 N–H and O–H groups in total. The summed E-state index contributed by atoms with van der Waals surface area (Å²) in [7, 11) is -2.02. The van der Waals surface area contributed by atoms with E-state index in [0.717, 1.165) is 0 Å². The largest absolute Gasteiger partial charge is 0.497 e. The van der Waals surface area contributed by atoms with Gasteiger partial charge in [0.25, 0.3) is 5.91 Å². The molecule has 0 aliphatic carbocycles. The molecular weight excluding hydrogens is 418 g/mol. The maximum Gasteiger partial charge on any atom is 0.274 e. The maximum absolute atomic E-state index is 13.3. The maximum atomic E-state index is 13.3. The molecule has 1 saturated heterocycles. The second-order valence-corrected chi connectivity index (χ2v) is 9.41. The van der Waals surface area contributed by atoms with E-state index in [1.54, 1.807) is 41.0 Å². The Kier molecular flexibility index (Phi) is 4.79. The van der Waals surface area contributed by atoms with E-state index in [-0.39, 0.29) is 22.2 Å². The Bertz CT molecular complexity index is 1280. The van der Waals surface area contributed by atoms with Crippen LogP contribution >= 0.6 is 0 Å². The molecule has 31 heavy (non-hydrogen) atoms. The van der Waals surface area contributed by atoms with Crippen LogP contribution in [-0.2, 0) is 20.3 Å². The van der Waals surface area contributed by atoms with Crippen molar-refractivity contribution >= 4 is 15.7 Å². The van der Waals surface area contributed by atoms with Gasteiger partial charge in [-0.3, -0.25) is 4.79 Å². The fourth-order valence-electron chi connectivity index (χ4n) is 4.08. The summed E-state index contributed by atoms with van der Waals surface area (Å²) in [5.74, 6) is 0.0876. The van der Waals surface area contributed by atoms with Gasteiger partial charge in [-0.1, -0.05) is 24.3 Å². The number of rotatable bonds is 3. The Morgan fingerprint density at radius 1 is 1.10 bits per heavy atom. The Morgan fingerprint density at radius 3 is 2.65 bits per heavy atom. The number of benzene rings is 2. The Balaban J connectivity index is 1.75. The lowest BCUT2D eigenvalue weighted by Gasteiger charge is -2.26. The third-order valence-electron chi connectivity index (χ3n) is 5.59. The summed E-state index contributed by atoms with van der Waals surface area (Å²) in [6.07, 6.45) is 0. The molecule has 0 bridgehead atoms. The molecule has 160 valence electrons. The average Bonchev–Trinajstić information content (AvgIpc) is 3.18. The minimum Gasteiger partial charge on any atom is -0.497 e. The molecule has 0 unspecified atom stereocenters. The molecule has 3 aromatic rings. The van der Waals surface area contributed by atoms with Gasteiger partial charge in [0.1, 0.15) is 5.75 Å². The number of hydrogen-bond donors (Lipinski definition) is 0. The zero-order valence-electron chi connectivity index (χ0n) is 16.9. The van der Waals surface area contributed by atoms with Crippen molar-refractivity contribution in [2.24, 2.45) is 0 Å². The van der Waals surface area contributed by atoms with Crippen LogP contribution < -0.4 is 4.74 Å². The van der Waals surface area contributed by atoms with Gasteiger partial charge in [0.2, 0.25) is 0 Å². The highest BCUT2D eigenvalue weighted by Crippen LogP contribution is 2.41. The molecule has 3 heterocycles. The number of sulfone groups is 1. The van der Waals surface area contributed by atoms with Crippen LogP contribution in [0.4, 0.5) is 0 Å². The van der Waals surface area contributed by atoms with Gasteiger partial charge < -0.3 is 14.4 Å². The van der Waals surface area contributed by atoms with Crippen LogP contribution in [0, 0.1) is 0 Å². The first-order chi connectivity index (χ1) is 15.0. The van der Waals surface area contributed by atoms with Crippen molar-refractivity contribution in [2.45, 2.75) is 10.6 Å². The van der Waals surface area contributed by atoms with Gasteiger partial charge in [0.15, 0.2) is 15.5 Å². The number of carbonyl (C=O) groups is 1.